The van der Waals surface area contributed by atoms with Gasteiger partial charge in [-0.2, -0.15) is 0 Å². The lowest BCUT2D eigenvalue weighted by Gasteiger charge is -2.15. The van der Waals surface area contributed by atoms with Gasteiger partial charge in [-0.05, 0) is 44.0 Å². The molecule has 2 atom stereocenters. The van der Waals surface area contributed by atoms with Gasteiger partial charge in [-0.25, -0.2) is 8.42 Å². The number of rotatable bonds is 4. The predicted molar refractivity (Wildman–Crippen MR) is 84.5 cm³/mol. The molecule has 2 aromatic rings. The largest absolute Gasteiger partial charge is 0.459 e. The molecule has 0 aliphatic carbocycles. The maximum atomic E-state index is 11.8. The first-order valence-electron chi connectivity index (χ1n) is 7.10. The lowest BCUT2D eigenvalue weighted by molar-refractivity contribution is 0.447. The van der Waals surface area contributed by atoms with Crippen LogP contribution in [0.25, 0.3) is 11.0 Å². The highest BCUT2D eigenvalue weighted by Gasteiger charge is 2.31. The Morgan fingerprint density at radius 2 is 2.24 bits per heavy atom. The van der Waals surface area contributed by atoms with Gasteiger partial charge in [0.2, 0.25) is 0 Å². The molecule has 1 N–H and O–H groups in total. The maximum absolute atomic E-state index is 11.8. The molecule has 4 nitrogen and oxygen atoms in total. The summed E-state index contributed by atoms with van der Waals surface area (Å²) in [6.45, 7) is 2.45. The van der Waals surface area contributed by atoms with Crippen molar-refractivity contribution in [1.82, 2.24) is 5.32 Å². The SMILES string of the molecule is CC(NCC1CCCS1(=O)=O)c1cc2cc(Cl)ccc2o1. The minimum absolute atomic E-state index is 0.0352. The monoisotopic (exact) mass is 327 g/mol. The summed E-state index contributed by atoms with van der Waals surface area (Å²) >= 11 is 5.96. The van der Waals surface area contributed by atoms with Crippen LogP contribution < -0.4 is 5.32 Å². The molecular weight excluding hydrogens is 310 g/mol. The van der Waals surface area contributed by atoms with Crippen molar-refractivity contribution in [2.45, 2.75) is 31.1 Å². The molecule has 1 aliphatic heterocycles. The predicted octanol–water partition coefficient (Wildman–Crippen LogP) is 3.31. The van der Waals surface area contributed by atoms with E-state index in [0.29, 0.717) is 17.3 Å². The second-order valence-electron chi connectivity index (χ2n) is 5.59. The maximum Gasteiger partial charge on any atom is 0.154 e. The smallest absolute Gasteiger partial charge is 0.154 e. The standard InChI is InChI=1S/C15H18ClNO3S/c1-10(17-9-13-3-2-6-21(13,18)19)15-8-11-7-12(16)4-5-14(11)20-15/h4-5,7-8,10,13,17H,2-3,6,9H2,1H3. The highest BCUT2D eigenvalue weighted by molar-refractivity contribution is 7.92. The van der Waals surface area contributed by atoms with E-state index < -0.39 is 9.84 Å². The van der Waals surface area contributed by atoms with Crippen LogP contribution in [0.15, 0.2) is 28.7 Å². The molecule has 0 radical (unpaired) electrons. The highest BCUT2D eigenvalue weighted by atomic mass is 35.5. The Bertz CT molecular complexity index is 753. The summed E-state index contributed by atoms with van der Waals surface area (Å²) < 4.78 is 29.4. The van der Waals surface area contributed by atoms with E-state index in [4.69, 9.17) is 16.0 Å². The topological polar surface area (TPSA) is 59.3 Å². The number of nitrogens with one attached hydrogen (secondary N) is 1. The summed E-state index contributed by atoms with van der Waals surface area (Å²) in [6, 6.07) is 7.41. The lowest BCUT2D eigenvalue weighted by Crippen LogP contribution is -2.32. The van der Waals surface area contributed by atoms with Gasteiger partial charge in [0.15, 0.2) is 9.84 Å². The lowest BCUT2D eigenvalue weighted by atomic mass is 10.2. The fourth-order valence-electron chi connectivity index (χ4n) is 2.74. The van der Waals surface area contributed by atoms with Gasteiger partial charge in [0, 0.05) is 17.0 Å². The molecule has 0 amide bonds. The zero-order valence-electron chi connectivity index (χ0n) is 11.8. The second kappa shape index (κ2) is 5.63. The number of benzene rings is 1. The number of fused-ring (bicyclic) bond motifs is 1. The number of furan rings is 1. The first kappa shape index (κ1) is 14.9. The molecule has 114 valence electrons. The average molecular weight is 328 g/mol. The number of hydrogen-bond acceptors (Lipinski definition) is 4. The van der Waals surface area contributed by atoms with Crippen LogP contribution in [0.5, 0.6) is 0 Å². The Balaban J connectivity index is 1.70. The number of sulfone groups is 1. The van der Waals surface area contributed by atoms with E-state index in [1.807, 2.05) is 25.1 Å². The van der Waals surface area contributed by atoms with Crippen molar-refractivity contribution in [3.8, 4) is 0 Å². The fourth-order valence-corrected chi connectivity index (χ4v) is 4.70. The van der Waals surface area contributed by atoms with Gasteiger partial charge in [-0.1, -0.05) is 11.6 Å². The van der Waals surface area contributed by atoms with Crippen molar-refractivity contribution in [3.63, 3.8) is 0 Å². The molecule has 2 heterocycles. The zero-order chi connectivity index (χ0) is 15.0. The Morgan fingerprint density at radius 3 is 2.95 bits per heavy atom. The van der Waals surface area contributed by atoms with E-state index >= 15 is 0 Å². The molecule has 21 heavy (non-hydrogen) atoms. The van der Waals surface area contributed by atoms with Crippen molar-refractivity contribution in [2.24, 2.45) is 0 Å². The van der Waals surface area contributed by atoms with Gasteiger partial charge in [0.1, 0.15) is 11.3 Å². The summed E-state index contributed by atoms with van der Waals surface area (Å²) in [4.78, 5) is 0. The molecule has 1 aromatic carbocycles. The van der Waals surface area contributed by atoms with Gasteiger partial charge in [0.25, 0.3) is 0 Å². The van der Waals surface area contributed by atoms with Crippen molar-refractivity contribution in [2.75, 3.05) is 12.3 Å². The van der Waals surface area contributed by atoms with Crippen molar-refractivity contribution < 1.29 is 12.8 Å². The van der Waals surface area contributed by atoms with E-state index in [1.54, 1.807) is 6.07 Å². The highest BCUT2D eigenvalue weighted by Crippen LogP contribution is 2.27. The zero-order valence-corrected chi connectivity index (χ0v) is 13.4. The molecule has 1 aromatic heterocycles. The molecule has 0 bridgehead atoms. The third-order valence-corrected chi connectivity index (χ3v) is 6.55. The minimum Gasteiger partial charge on any atom is -0.459 e. The third-order valence-electron chi connectivity index (χ3n) is 4.04. The minimum atomic E-state index is -2.91. The molecule has 0 saturated carbocycles. The van der Waals surface area contributed by atoms with E-state index in [2.05, 4.69) is 5.32 Å². The fraction of sp³-hybridized carbons (Fsp3) is 0.467. The van der Waals surface area contributed by atoms with Crippen molar-refractivity contribution >= 4 is 32.4 Å². The average Bonchev–Trinajstić information content (AvgIpc) is 2.98. The van der Waals surface area contributed by atoms with E-state index in [1.165, 1.54) is 0 Å². The number of halogens is 1. The summed E-state index contributed by atoms with van der Waals surface area (Å²) in [6.07, 6.45) is 1.52. The second-order valence-corrected chi connectivity index (χ2v) is 8.43. The first-order chi connectivity index (χ1) is 9.95. The molecule has 1 aliphatic rings. The molecule has 0 spiro atoms. The van der Waals surface area contributed by atoms with Gasteiger partial charge >= 0.3 is 0 Å². The van der Waals surface area contributed by atoms with E-state index in [9.17, 15) is 8.42 Å². The molecule has 1 fully saturated rings. The number of hydrogen-bond donors (Lipinski definition) is 1. The summed E-state index contributed by atoms with van der Waals surface area (Å²) in [5.41, 5.74) is 0.788. The Hall–Kier alpha value is -1.04. The van der Waals surface area contributed by atoms with Gasteiger partial charge in [0.05, 0.1) is 17.0 Å². The Morgan fingerprint density at radius 1 is 1.43 bits per heavy atom. The van der Waals surface area contributed by atoms with Crippen LogP contribution in [0.1, 0.15) is 31.6 Å². The summed E-state index contributed by atoms with van der Waals surface area (Å²) in [5, 5.41) is 4.63. The molecule has 3 rings (SSSR count). The van der Waals surface area contributed by atoms with Crippen LogP contribution in [0.4, 0.5) is 0 Å². The first-order valence-corrected chi connectivity index (χ1v) is 9.19. The van der Waals surface area contributed by atoms with Crippen LogP contribution in [0.2, 0.25) is 5.02 Å². The van der Waals surface area contributed by atoms with Crippen LogP contribution in [0.3, 0.4) is 0 Å². The molecular formula is C15H18ClNO3S. The van der Waals surface area contributed by atoms with Gasteiger partial charge < -0.3 is 9.73 Å². The van der Waals surface area contributed by atoms with Crippen LogP contribution in [-0.4, -0.2) is 26.0 Å². The van der Waals surface area contributed by atoms with Crippen LogP contribution in [0, 0.1) is 0 Å². The van der Waals surface area contributed by atoms with E-state index in [-0.39, 0.29) is 11.3 Å². The van der Waals surface area contributed by atoms with Crippen molar-refractivity contribution in [1.29, 1.82) is 0 Å². The van der Waals surface area contributed by atoms with Gasteiger partial charge in [-0.3, -0.25) is 0 Å². The Labute approximate surface area is 129 Å². The summed E-state index contributed by atoms with van der Waals surface area (Å²) in [7, 11) is -2.91. The Kier molecular flexibility index (Phi) is 3.99. The quantitative estimate of drug-likeness (QED) is 0.936. The molecule has 1 saturated heterocycles. The van der Waals surface area contributed by atoms with E-state index in [0.717, 1.165) is 29.6 Å². The molecule has 2 unspecified atom stereocenters. The van der Waals surface area contributed by atoms with Gasteiger partial charge in [-0.15, -0.1) is 0 Å². The van der Waals surface area contributed by atoms with Crippen LogP contribution >= 0.6 is 11.6 Å². The van der Waals surface area contributed by atoms with Crippen LogP contribution in [-0.2, 0) is 9.84 Å². The molecule has 6 heteroatoms. The third kappa shape index (κ3) is 3.10. The van der Waals surface area contributed by atoms with Crippen molar-refractivity contribution in [3.05, 3.63) is 35.0 Å². The summed E-state index contributed by atoms with van der Waals surface area (Å²) in [5.74, 6) is 1.11. The normalized spacial score (nSPS) is 22.7.